The number of nitrogens with one attached hydrogen (secondary N) is 1. The average Bonchev–Trinajstić information content (AvgIpc) is 2.83. The fraction of sp³-hybridized carbons (Fsp3) is 0.667. The molecule has 9 nitrogen and oxygen atoms in total. The van der Waals surface area contributed by atoms with E-state index in [1.54, 1.807) is 13.0 Å². The third kappa shape index (κ3) is 7.77. The van der Waals surface area contributed by atoms with Crippen LogP contribution in [-0.2, 0) is 14.3 Å². The van der Waals surface area contributed by atoms with Crippen molar-refractivity contribution in [3.8, 4) is 0 Å². The van der Waals surface area contributed by atoms with Gasteiger partial charge in [0.1, 0.15) is 5.60 Å². The maximum absolute atomic E-state index is 12.5. The molecule has 3 N–H and O–H groups in total. The largest absolute Gasteiger partial charge is 0.466 e. The number of likely N-dealkylation sites (tertiary alicyclic amines) is 1. The minimum Gasteiger partial charge on any atom is -0.466 e. The number of ether oxygens (including phenoxy) is 2. The van der Waals surface area contributed by atoms with Crippen LogP contribution in [0.15, 0.2) is 18.2 Å². The van der Waals surface area contributed by atoms with Gasteiger partial charge in [0.15, 0.2) is 0 Å². The molecule has 2 fully saturated rings. The summed E-state index contributed by atoms with van der Waals surface area (Å²) >= 11 is 0. The molecule has 0 saturated carbocycles. The summed E-state index contributed by atoms with van der Waals surface area (Å²) in [5.74, 6) is 0.665. The van der Waals surface area contributed by atoms with Crippen LogP contribution in [0, 0.1) is 11.8 Å². The summed E-state index contributed by atoms with van der Waals surface area (Å²) in [6.45, 7) is 11.4. The number of nitrogens with zero attached hydrogens (tertiary/aromatic N) is 2. The summed E-state index contributed by atoms with van der Waals surface area (Å²) in [7, 11) is 0. The van der Waals surface area contributed by atoms with Gasteiger partial charge in [0.25, 0.3) is 5.91 Å². The van der Waals surface area contributed by atoms with E-state index in [4.69, 9.17) is 15.2 Å². The molecule has 2 aliphatic rings. The van der Waals surface area contributed by atoms with E-state index in [9.17, 15) is 14.4 Å². The van der Waals surface area contributed by atoms with Crippen LogP contribution >= 0.6 is 0 Å². The smallest absolute Gasteiger partial charge is 0.410 e. The Balaban J connectivity index is 1.45. The van der Waals surface area contributed by atoms with Crippen molar-refractivity contribution in [1.29, 1.82) is 0 Å². The molecular formula is C27H42N4O5. The van der Waals surface area contributed by atoms with Gasteiger partial charge in [0.2, 0.25) is 0 Å². The van der Waals surface area contributed by atoms with Crippen LogP contribution in [0.3, 0.4) is 0 Å². The second-order valence-corrected chi connectivity index (χ2v) is 10.7. The van der Waals surface area contributed by atoms with Crippen molar-refractivity contribution in [2.45, 2.75) is 65.4 Å². The Morgan fingerprint density at radius 1 is 1.03 bits per heavy atom. The number of hydrogen-bond donors (Lipinski definition) is 2. The zero-order chi connectivity index (χ0) is 26.3. The molecule has 0 radical (unpaired) electrons. The Bertz CT molecular complexity index is 913. The first kappa shape index (κ1) is 27.6. The molecule has 9 heteroatoms. The minimum absolute atomic E-state index is 0.131. The monoisotopic (exact) mass is 502 g/mol. The first-order chi connectivity index (χ1) is 17.1. The molecule has 2 amide bonds. The van der Waals surface area contributed by atoms with Gasteiger partial charge in [0.05, 0.1) is 18.6 Å². The molecule has 3 rings (SSSR count). The molecule has 200 valence electrons. The van der Waals surface area contributed by atoms with E-state index in [0.717, 1.165) is 57.5 Å². The Kier molecular flexibility index (Phi) is 9.45. The molecular weight excluding hydrogens is 460 g/mol. The van der Waals surface area contributed by atoms with Crippen molar-refractivity contribution in [3.05, 3.63) is 23.8 Å². The number of rotatable bonds is 7. The quantitative estimate of drug-likeness (QED) is 0.430. The number of anilines is 2. The first-order valence-electron chi connectivity index (χ1n) is 13.1. The Hall–Kier alpha value is -2.97. The third-order valence-electron chi connectivity index (χ3n) is 6.96. The number of carbonyl (C=O) groups excluding carboxylic acids is 3. The third-order valence-corrected chi connectivity index (χ3v) is 6.96. The van der Waals surface area contributed by atoms with Crippen molar-refractivity contribution < 1.29 is 23.9 Å². The van der Waals surface area contributed by atoms with Crippen LogP contribution in [0.4, 0.5) is 16.2 Å². The van der Waals surface area contributed by atoms with E-state index in [0.29, 0.717) is 29.7 Å². The Labute approximate surface area is 214 Å². The van der Waals surface area contributed by atoms with Crippen LogP contribution in [0.25, 0.3) is 0 Å². The molecule has 0 bridgehead atoms. The fourth-order valence-corrected chi connectivity index (χ4v) is 5.07. The van der Waals surface area contributed by atoms with E-state index in [-0.39, 0.29) is 30.9 Å². The molecule has 1 aromatic rings. The highest BCUT2D eigenvalue weighted by atomic mass is 16.6. The summed E-state index contributed by atoms with van der Waals surface area (Å²) in [6, 6.07) is 5.55. The van der Waals surface area contributed by atoms with Crippen LogP contribution < -0.4 is 16.0 Å². The molecule has 0 unspecified atom stereocenters. The van der Waals surface area contributed by atoms with Crippen molar-refractivity contribution in [3.63, 3.8) is 0 Å². The number of nitrogens with two attached hydrogens (primary N) is 1. The highest BCUT2D eigenvalue weighted by molar-refractivity contribution is 5.99. The van der Waals surface area contributed by atoms with Crippen LogP contribution in [-0.4, -0.2) is 67.8 Å². The summed E-state index contributed by atoms with van der Waals surface area (Å²) in [4.78, 5) is 40.4. The Morgan fingerprint density at radius 2 is 1.64 bits per heavy atom. The molecule has 2 heterocycles. The molecule has 0 atom stereocenters. The molecule has 36 heavy (non-hydrogen) atoms. The lowest BCUT2D eigenvalue weighted by Crippen LogP contribution is -2.44. The van der Waals surface area contributed by atoms with Crippen molar-refractivity contribution >= 4 is 29.3 Å². The summed E-state index contributed by atoms with van der Waals surface area (Å²) in [6.07, 6.45) is 4.19. The van der Waals surface area contributed by atoms with Gasteiger partial charge in [-0.05, 0) is 83.4 Å². The van der Waals surface area contributed by atoms with Gasteiger partial charge >= 0.3 is 12.1 Å². The van der Waals surface area contributed by atoms with E-state index >= 15 is 0 Å². The van der Waals surface area contributed by atoms with Gasteiger partial charge in [-0.3, -0.25) is 9.59 Å². The summed E-state index contributed by atoms with van der Waals surface area (Å²) in [5.41, 5.74) is 7.61. The second kappa shape index (κ2) is 12.3. The van der Waals surface area contributed by atoms with E-state index in [1.807, 2.05) is 37.8 Å². The van der Waals surface area contributed by atoms with Gasteiger partial charge in [-0.1, -0.05) is 0 Å². The van der Waals surface area contributed by atoms with Gasteiger partial charge in [-0.2, -0.15) is 0 Å². The number of hydrogen-bond acceptors (Lipinski definition) is 7. The number of carbonyl (C=O) groups is 3. The maximum atomic E-state index is 12.5. The van der Waals surface area contributed by atoms with Crippen LogP contribution in [0.1, 0.15) is 70.2 Å². The summed E-state index contributed by atoms with van der Waals surface area (Å²) in [5, 5.41) is 2.73. The number of nitrogen functional groups attached to an aromatic ring is 1. The number of amides is 2. The van der Waals surface area contributed by atoms with Crippen molar-refractivity contribution in [2.75, 3.05) is 50.0 Å². The second-order valence-electron chi connectivity index (χ2n) is 10.7. The topological polar surface area (TPSA) is 114 Å². The van der Waals surface area contributed by atoms with Gasteiger partial charge < -0.3 is 30.3 Å². The molecule has 0 aromatic heterocycles. The Morgan fingerprint density at radius 3 is 2.19 bits per heavy atom. The van der Waals surface area contributed by atoms with E-state index < -0.39 is 5.60 Å². The molecule has 1 aromatic carbocycles. The number of benzene rings is 1. The lowest BCUT2D eigenvalue weighted by Gasteiger charge is -2.41. The predicted molar refractivity (Wildman–Crippen MR) is 140 cm³/mol. The lowest BCUT2D eigenvalue weighted by molar-refractivity contribution is -0.142. The molecule has 2 saturated heterocycles. The van der Waals surface area contributed by atoms with Crippen molar-refractivity contribution in [2.24, 2.45) is 11.8 Å². The van der Waals surface area contributed by atoms with Crippen LogP contribution in [0.2, 0.25) is 0 Å². The molecule has 0 spiro atoms. The molecule has 2 aliphatic heterocycles. The minimum atomic E-state index is -0.462. The maximum Gasteiger partial charge on any atom is 0.410 e. The zero-order valence-electron chi connectivity index (χ0n) is 22.2. The molecule has 0 aliphatic carbocycles. The van der Waals surface area contributed by atoms with Crippen LogP contribution in [0.5, 0.6) is 0 Å². The highest BCUT2D eigenvalue weighted by Gasteiger charge is 2.32. The average molecular weight is 503 g/mol. The van der Waals surface area contributed by atoms with Gasteiger partial charge in [0, 0.05) is 44.1 Å². The summed E-state index contributed by atoms with van der Waals surface area (Å²) < 4.78 is 10.4. The highest BCUT2D eigenvalue weighted by Crippen LogP contribution is 2.34. The normalized spacial score (nSPS) is 17.6. The van der Waals surface area contributed by atoms with E-state index in [2.05, 4.69) is 10.2 Å². The van der Waals surface area contributed by atoms with Gasteiger partial charge in [-0.15, -0.1) is 0 Å². The lowest BCUT2D eigenvalue weighted by atomic mass is 9.79. The fourth-order valence-electron chi connectivity index (χ4n) is 5.07. The number of piperidine rings is 2. The number of esters is 1. The van der Waals surface area contributed by atoms with Crippen molar-refractivity contribution in [1.82, 2.24) is 10.2 Å². The van der Waals surface area contributed by atoms with Gasteiger partial charge in [-0.25, -0.2) is 4.79 Å². The predicted octanol–water partition coefficient (Wildman–Crippen LogP) is 3.82. The van der Waals surface area contributed by atoms with E-state index in [1.165, 1.54) is 0 Å². The SMILES string of the molecule is CCOC(=O)CCNC(=O)c1ccc(N2CCC(C3CCN(C(=O)OC(C)(C)C)CC3)CC2)cc1N. The first-order valence-corrected chi connectivity index (χ1v) is 13.1. The zero-order valence-corrected chi connectivity index (χ0v) is 22.2. The standard InChI is InChI=1S/C27H42N4O5/c1-5-35-24(32)8-13-29-25(33)22-7-6-21(18-23(22)28)30-14-9-19(10-15-30)20-11-16-31(17-12-20)26(34)36-27(2,3)4/h6-7,18-20H,5,8-17,28H2,1-4H3,(H,29,33).